The van der Waals surface area contributed by atoms with E-state index in [2.05, 4.69) is 10.3 Å². The summed E-state index contributed by atoms with van der Waals surface area (Å²) in [6, 6.07) is 3.19. The van der Waals surface area contributed by atoms with Gasteiger partial charge in [-0.05, 0) is 19.2 Å². The van der Waals surface area contributed by atoms with Crippen LogP contribution in [0.25, 0.3) is 10.9 Å². The summed E-state index contributed by atoms with van der Waals surface area (Å²) in [5, 5.41) is 4.16. The van der Waals surface area contributed by atoms with E-state index in [1.807, 2.05) is 0 Å². The molecule has 0 fully saturated rings. The zero-order valence-electron chi connectivity index (χ0n) is 9.42. The van der Waals surface area contributed by atoms with Crippen LogP contribution in [0.15, 0.2) is 16.9 Å². The molecule has 6 heteroatoms. The lowest BCUT2D eigenvalue weighted by atomic mass is 10.2. The van der Waals surface area contributed by atoms with Gasteiger partial charge in [0.2, 0.25) is 0 Å². The van der Waals surface area contributed by atoms with Crippen molar-refractivity contribution in [3.05, 3.63) is 38.4 Å². The maximum absolute atomic E-state index is 12.1. The zero-order chi connectivity index (χ0) is 12.6. The second-order valence-electron chi connectivity index (χ2n) is 3.70. The SMILES string of the molecule is CNCc1nc2cc(Cl)cc(Cl)c2c(=O)n1C. The Hall–Kier alpha value is -1.10. The molecule has 0 unspecified atom stereocenters. The van der Waals surface area contributed by atoms with Crippen molar-refractivity contribution in [2.24, 2.45) is 7.05 Å². The summed E-state index contributed by atoms with van der Waals surface area (Å²) in [5.41, 5.74) is 0.359. The molecule has 1 heterocycles. The number of rotatable bonds is 2. The van der Waals surface area contributed by atoms with Crippen LogP contribution in [0.3, 0.4) is 0 Å². The van der Waals surface area contributed by atoms with Crippen LogP contribution in [0.2, 0.25) is 10.0 Å². The highest BCUT2D eigenvalue weighted by Crippen LogP contribution is 2.24. The molecular formula is C11H11Cl2N3O. The molecule has 1 N–H and O–H groups in total. The van der Waals surface area contributed by atoms with Crippen LogP contribution in [0.5, 0.6) is 0 Å². The van der Waals surface area contributed by atoms with E-state index in [1.165, 1.54) is 4.57 Å². The largest absolute Gasteiger partial charge is 0.313 e. The lowest BCUT2D eigenvalue weighted by molar-refractivity contribution is 0.679. The van der Waals surface area contributed by atoms with Crippen molar-refractivity contribution in [2.75, 3.05) is 7.05 Å². The minimum atomic E-state index is -0.165. The molecule has 2 aromatic rings. The molecule has 2 rings (SSSR count). The van der Waals surface area contributed by atoms with Crippen molar-refractivity contribution in [1.29, 1.82) is 0 Å². The first kappa shape index (κ1) is 12.4. The summed E-state index contributed by atoms with van der Waals surface area (Å²) < 4.78 is 1.48. The number of benzene rings is 1. The van der Waals surface area contributed by atoms with E-state index >= 15 is 0 Å². The Balaban J connectivity index is 2.86. The van der Waals surface area contributed by atoms with Crippen molar-refractivity contribution in [2.45, 2.75) is 6.54 Å². The van der Waals surface area contributed by atoms with E-state index in [9.17, 15) is 4.79 Å². The van der Waals surface area contributed by atoms with E-state index in [-0.39, 0.29) is 5.56 Å². The van der Waals surface area contributed by atoms with Crippen molar-refractivity contribution in [3.63, 3.8) is 0 Å². The van der Waals surface area contributed by atoms with Gasteiger partial charge in [0, 0.05) is 12.1 Å². The van der Waals surface area contributed by atoms with E-state index in [0.717, 1.165) is 0 Å². The Morgan fingerprint density at radius 2 is 2.12 bits per heavy atom. The van der Waals surface area contributed by atoms with Crippen molar-refractivity contribution < 1.29 is 0 Å². The van der Waals surface area contributed by atoms with Gasteiger partial charge in [-0.1, -0.05) is 23.2 Å². The molecule has 0 saturated carbocycles. The average molecular weight is 272 g/mol. The molecule has 4 nitrogen and oxygen atoms in total. The molecule has 0 spiro atoms. The quantitative estimate of drug-likeness (QED) is 0.909. The molecule has 90 valence electrons. The first-order valence-electron chi connectivity index (χ1n) is 5.04. The number of halogens is 2. The number of nitrogens with zero attached hydrogens (tertiary/aromatic N) is 2. The summed E-state index contributed by atoms with van der Waals surface area (Å²) >= 11 is 11.9. The maximum Gasteiger partial charge on any atom is 0.262 e. The van der Waals surface area contributed by atoms with Gasteiger partial charge in [-0.2, -0.15) is 0 Å². The molecular weight excluding hydrogens is 261 g/mol. The number of hydrogen-bond donors (Lipinski definition) is 1. The number of fused-ring (bicyclic) bond motifs is 1. The normalized spacial score (nSPS) is 11.1. The third-order valence-electron chi connectivity index (χ3n) is 2.52. The maximum atomic E-state index is 12.1. The molecule has 0 amide bonds. The van der Waals surface area contributed by atoms with Gasteiger partial charge < -0.3 is 5.32 Å². The van der Waals surface area contributed by atoms with Gasteiger partial charge >= 0.3 is 0 Å². The van der Waals surface area contributed by atoms with Gasteiger partial charge in [0.05, 0.1) is 22.5 Å². The minimum absolute atomic E-state index is 0.165. The van der Waals surface area contributed by atoms with Crippen molar-refractivity contribution in [1.82, 2.24) is 14.9 Å². The van der Waals surface area contributed by atoms with E-state index in [0.29, 0.717) is 33.3 Å². The second-order valence-corrected chi connectivity index (χ2v) is 4.55. The molecule has 1 aromatic carbocycles. The summed E-state index contributed by atoms with van der Waals surface area (Å²) in [4.78, 5) is 16.5. The monoisotopic (exact) mass is 271 g/mol. The second kappa shape index (κ2) is 4.64. The van der Waals surface area contributed by atoms with E-state index in [4.69, 9.17) is 23.2 Å². The highest BCUT2D eigenvalue weighted by Gasteiger charge is 2.11. The topological polar surface area (TPSA) is 46.9 Å². The third kappa shape index (κ3) is 2.16. The van der Waals surface area contributed by atoms with Gasteiger partial charge in [-0.15, -0.1) is 0 Å². The van der Waals surface area contributed by atoms with Crippen LogP contribution in [-0.2, 0) is 13.6 Å². The smallest absolute Gasteiger partial charge is 0.262 e. The molecule has 0 aliphatic heterocycles. The predicted molar refractivity (Wildman–Crippen MR) is 69.8 cm³/mol. The first-order chi connectivity index (χ1) is 8.04. The summed E-state index contributed by atoms with van der Waals surface area (Å²) in [6.07, 6.45) is 0. The molecule has 0 radical (unpaired) electrons. The molecule has 0 bridgehead atoms. The molecule has 0 atom stereocenters. The minimum Gasteiger partial charge on any atom is -0.313 e. The molecule has 0 saturated heterocycles. The van der Waals surface area contributed by atoms with Gasteiger partial charge in [-0.25, -0.2) is 4.98 Å². The van der Waals surface area contributed by atoms with Crippen LogP contribution in [-0.4, -0.2) is 16.6 Å². The van der Waals surface area contributed by atoms with Crippen molar-refractivity contribution >= 4 is 34.1 Å². The lowest BCUT2D eigenvalue weighted by Gasteiger charge is -2.09. The average Bonchev–Trinajstić information content (AvgIpc) is 2.24. The van der Waals surface area contributed by atoms with Gasteiger partial charge in [0.1, 0.15) is 5.82 Å². The number of aromatic nitrogens is 2. The van der Waals surface area contributed by atoms with Crippen molar-refractivity contribution in [3.8, 4) is 0 Å². The highest BCUT2D eigenvalue weighted by molar-refractivity contribution is 6.38. The highest BCUT2D eigenvalue weighted by atomic mass is 35.5. The van der Waals surface area contributed by atoms with Crippen LogP contribution in [0.1, 0.15) is 5.82 Å². The van der Waals surface area contributed by atoms with Gasteiger partial charge in [0.15, 0.2) is 0 Å². The van der Waals surface area contributed by atoms with Gasteiger partial charge in [0.25, 0.3) is 5.56 Å². The summed E-state index contributed by atoms with van der Waals surface area (Å²) in [7, 11) is 3.47. The summed E-state index contributed by atoms with van der Waals surface area (Å²) in [5.74, 6) is 0.642. The fourth-order valence-corrected chi connectivity index (χ4v) is 2.24. The Morgan fingerprint density at radius 1 is 1.41 bits per heavy atom. The lowest BCUT2D eigenvalue weighted by Crippen LogP contribution is -2.25. The first-order valence-corrected chi connectivity index (χ1v) is 5.79. The predicted octanol–water partition coefficient (Wildman–Crippen LogP) is 1.96. The van der Waals surface area contributed by atoms with Crippen LogP contribution in [0.4, 0.5) is 0 Å². The Kier molecular flexibility index (Phi) is 3.38. The standard InChI is InChI=1S/C11H11Cl2N3O/c1-14-5-9-15-8-4-6(12)3-7(13)10(8)11(17)16(9)2/h3-4,14H,5H2,1-2H3. The Morgan fingerprint density at radius 3 is 2.76 bits per heavy atom. The third-order valence-corrected chi connectivity index (χ3v) is 3.04. The van der Waals surface area contributed by atoms with Gasteiger partial charge in [-0.3, -0.25) is 9.36 Å². The Bertz CT molecular complexity index is 637. The fraction of sp³-hybridized carbons (Fsp3) is 0.273. The summed E-state index contributed by atoms with van der Waals surface area (Å²) in [6.45, 7) is 0.506. The molecule has 0 aliphatic carbocycles. The number of hydrogen-bond acceptors (Lipinski definition) is 3. The van der Waals surface area contributed by atoms with Crippen LogP contribution in [0, 0.1) is 0 Å². The van der Waals surface area contributed by atoms with E-state index < -0.39 is 0 Å². The number of nitrogens with one attached hydrogen (secondary N) is 1. The Labute approximate surface area is 108 Å². The van der Waals surface area contributed by atoms with E-state index in [1.54, 1.807) is 26.2 Å². The van der Waals surface area contributed by atoms with Crippen LogP contribution < -0.4 is 10.9 Å². The molecule has 17 heavy (non-hydrogen) atoms. The van der Waals surface area contributed by atoms with Crippen LogP contribution >= 0.6 is 23.2 Å². The zero-order valence-corrected chi connectivity index (χ0v) is 10.9. The molecule has 1 aromatic heterocycles. The fourth-order valence-electron chi connectivity index (χ4n) is 1.68. The molecule has 0 aliphatic rings.